The summed E-state index contributed by atoms with van der Waals surface area (Å²) in [6, 6.07) is 16.3. The minimum Gasteiger partial charge on any atom is -0.484 e. The van der Waals surface area contributed by atoms with Crippen LogP contribution in [-0.2, 0) is 4.79 Å². The number of nitrogens with zero attached hydrogens (tertiary/aromatic N) is 3. The highest BCUT2D eigenvalue weighted by Crippen LogP contribution is 2.30. The molecule has 4 rings (SSSR count). The van der Waals surface area contributed by atoms with Crippen LogP contribution in [0.3, 0.4) is 0 Å². The zero-order valence-electron chi connectivity index (χ0n) is 17.4. The summed E-state index contributed by atoms with van der Waals surface area (Å²) < 4.78 is 5.65. The summed E-state index contributed by atoms with van der Waals surface area (Å²) in [6.45, 7) is 0.638. The predicted octanol–water partition coefficient (Wildman–Crippen LogP) is 2.96. The number of carbonyl (C=O) groups excluding carboxylic acids is 2. The molecule has 0 radical (unpaired) electrons. The first-order chi connectivity index (χ1) is 15.2. The Morgan fingerprint density at radius 3 is 2.81 bits per heavy atom. The van der Waals surface area contributed by atoms with Gasteiger partial charge in [-0.2, -0.15) is 5.10 Å². The quantitative estimate of drug-likeness (QED) is 0.640. The minimum absolute atomic E-state index is 0.0182. The number of piperidine rings is 1. The third kappa shape index (κ3) is 4.74. The summed E-state index contributed by atoms with van der Waals surface area (Å²) in [7, 11) is 1.59. The van der Waals surface area contributed by atoms with Crippen LogP contribution in [0.25, 0.3) is 11.4 Å². The van der Waals surface area contributed by atoms with Gasteiger partial charge in [0.15, 0.2) is 12.4 Å². The second-order valence-corrected chi connectivity index (χ2v) is 7.40. The van der Waals surface area contributed by atoms with Gasteiger partial charge in [0.1, 0.15) is 11.6 Å². The fourth-order valence-corrected chi connectivity index (χ4v) is 3.76. The van der Waals surface area contributed by atoms with Crippen molar-refractivity contribution in [2.45, 2.75) is 25.3 Å². The number of amides is 2. The molecule has 2 aromatic carbocycles. The SMILES string of the molecule is CNC(=O)c1cccc(-c2n[nH]c(C3CCCCN3C(=O)COc3ccccc3)n2)c1. The molecule has 1 unspecified atom stereocenters. The number of hydrogen-bond acceptors (Lipinski definition) is 5. The molecule has 1 aliphatic rings. The van der Waals surface area contributed by atoms with Crippen LogP contribution < -0.4 is 10.1 Å². The van der Waals surface area contributed by atoms with E-state index in [0.717, 1.165) is 24.8 Å². The van der Waals surface area contributed by atoms with Gasteiger partial charge in [0.2, 0.25) is 0 Å². The molecular weight excluding hydrogens is 394 g/mol. The highest BCUT2D eigenvalue weighted by atomic mass is 16.5. The highest BCUT2D eigenvalue weighted by molar-refractivity contribution is 5.95. The number of hydrogen-bond donors (Lipinski definition) is 2. The smallest absolute Gasteiger partial charge is 0.261 e. The molecule has 0 saturated carbocycles. The van der Waals surface area contributed by atoms with Crippen LogP contribution >= 0.6 is 0 Å². The van der Waals surface area contributed by atoms with E-state index in [0.29, 0.717) is 29.5 Å². The molecular formula is C23H25N5O3. The Morgan fingerprint density at radius 1 is 1.16 bits per heavy atom. The number of nitrogens with one attached hydrogen (secondary N) is 2. The second-order valence-electron chi connectivity index (χ2n) is 7.40. The van der Waals surface area contributed by atoms with Gasteiger partial charge in [-0.25, -0.2) is 4.98 Å². The number of carbonyl (C=O) groups is 2. The maximum absolute atomic E-state index is 12.9. The largest absolute Gasteiger partial charge is 0.484 e. The van der Waals surface area contributed by atoms with Crippen LogP contribution in [0.4, 0.5) is 0 Å². The number of benzene rings is 2. The standard InChI is InChI=1S/C23H25N5O3/c1-24-23(30)17-9-7-8-16(14-17)21-25-22(27-26-21)19-12-5-6-13-28(19)20(29)15-31-18-10-3-2-4-11-18/h2-4,7-11,14,19H,5-6,12-13,15H2,1H3,(H,24,30)(H,25,26,27). The molecule has 31 heavy (non-hydrogen) atoms. The van der Waals surface area contributed by atoms with Gasteiger partial charge in [0, 0.05) is 24.7 Å². The summed E-state index contributed by atoms with van der Waals surface area (Å²) in [5.41, 5.74) is 1.28. The minimum atomic E-state index is -0.177. The van der Waals surface area contributed by atoms with Gasteiger partial charge in [0.25, 0.3) is 11.8 Å². The summed E-state index contributed by atoms with van der Waals surface area (Å²) in [5, 5.41) is 9.95. The van der Waals surface area contributed by atoms with Crippen LogP contribution in [0.2, 0.25) is 0 Å². The Morgan fingerprint density at radius 2 is 2.00 bits per heavy atom. The van der Waals surface area contributed by atoms with E-state index in [1.54, 1.807) is 25.2 Å². The van der Waals surface area contributed by atoms with Gasteiger partial charge in [0.05, 0.1) is 6.04 Å². The van der Waals surface area contributed by atoms with Gasteiger partial charge in [-0.1, -0.05) is 30.3 Å². The Bertz CT molecular complexity index is 1050. The predicted molar refractivity (Wildman–Crippen MR) is 115 cm³/mol. The zero-order valence-corrected chi connectivity index (χ0v) is 17.4. The van der Waals surface area contributed by atoms with Gasteiger partial charge in [-0.3, -0.25) is 14.7 Å². The number of aromatic amines is 1. The number of likely N-dealkylation sites (tertiary alicyclic amines) is 1. The van der Waals surface area contributed by atoms with Crippen LogP contribution in [0.5, 0.6) is 5.75 Å². The zero-order chi connectivity index (χ0) is 21.6. The molecule has 8 heteroatoms. The summed E-state index contributed by atoms with van der Waals surface area (Å²) in [6.07, 6.45) is 2.77. The van der Waals surface area contributed by atoms with E-state index < -0.39 is 0 Å². The molecule has 8 nitrogen and oxygen atoms in total. The second kappa shape index (κ2) is 9.42. The first-order valence-corrected chi connectivity index (χ1v) is 10.4. The molecule has 1 saturated heterocycles. The Balaban J connectivity index is 1.49. The number of H-pyrrole nitrogens is 1. The number of rotatable bonds is 6. The molecule has 1 fully saturated rings. The van der Waals surface area contributed by atoms with E-state index in [1.807, 2.05) is 41.3 Å². The lowest BCUT2D eigenvalue weighted by Crippen LogP contribution is -2.41. The molecule has 2 amide bonds. The molecule has 1 aliphatic heterocycles. The van der Waals surface area contributed by atoms with Gasteiger partial charge in [-0.15, -0.1) is 0 Å². The fourth-order valence-electron chi connectivity index (χ4n) is 3.76. The van der Waals surface area contributed by atoms with E-state index in [9.17, 15) is 9.59 Å². The molecule has 2 heterocycles. The molecule has 1 atom stereocenters. The molecule has 0 aliphatic carbocycles. The fraction of sp³-hybridized carbons (Fsp3) is 0.304. The number of para-hydroxylation sites is 1. The van der Waals surface area contributed by atoms with Crippen molar-refractivity contribution in [1.82, 2.24) is 25.4 Å². The molecule has 2 N–H and O–H groups in total. The van der Waals surface area contributed by atoms with Crippen LogP contribution in [-0.4, -0.2) is 52.1 Å². The van der Waals surface area contributed by atoms with E-state index in [-0.39, 0.29) is 24.5 Å². The Hall–Kier alpha value is -3.68. The lowest BCUT2D eigenvalue weighted by Gasteiger charge is -2.34. The van der Waals surface area contributed by atoms with Crippen molar-refractivity contribution >= 4 is 11.8 Å². The van der Waals surface area contributed by atoms with E-state index in [4.69, 9.17) is 4.74 Å². The number of aromatic nitrogens is 3. The third-order valence-electron chi connectivity index (χ3n) is 5.36. The topological polar surface area (TPSA) is 100 Å². The first kappa shape index (κ1) is 20.6. The van der Waals surface area contributed by atoms with Crippen molar-refractivity contribution in [1.29, 1.82) is 0 Å². The van der Waals surface area contributed by atoms with E-state index in [2.05, 4.69) is 20.5 Å². The Kier molecular flexibility index (Phi) is 6.26. The van der Waals surface area contributed by atoms with E-state index >= 15 is 0 Å². The average Bonchev–Trinajstić information content (AvgIpc) is 3.33. The van der Waals surface area contributed by atoms with Crippen LogP contribution in [0.1, 0.15) is 41.5 Å². The summed E-state index contributed by atoms with van der Waals surface area (Å²) >= 11 is 0. The normalized spacial score (nSPS) is 16.0. The number of ether oxygens (including phenoxy) is 1. The molecule has 0 bridgehead atoms. The van der Waals surface area contributed by atoms with Gasteiger partial charge < -0.3 is 15.0 Å². The van der Waals surface area contributed by atoms with Crippen molar-refractivity contribution < 1.29 is 14.3 Å². The van der Waals surface area contributed by atoms with Gasteiger partial charge >= 0.3 is 0 Å². The van der Waals surface area contributed by atoms with Crippen molar-refractivity contribution in [3.63, 3.8) is 0 Å². The third-order valence-corrected chi connectivity index (χ3v) is 5.36. The molecule has 3 aromatic rings. The van der Waals surface area contributed by atoms with Gasteiger partial charge in [-0.05, 0) is 43.5 Å². The van der Waals surface area contributed by atoms with Crippen molar-refractivity contribution in [3.8, 4) is 17.1 Å². The maximum Gasteiger partial charge on any atom is 0.261 e. The van der Waals surface area contributed by atoms with Crippen LogP contribution in [0.15, 0.2) is 54.6 Å². The van der Waals surface area contributed by atoms with Crippen molar-refractivity contribution in [2.75, 3.05) is 20.2 Å². The first-order valence-electron chi connectivity index (χ1n) is 10.4. The van der Waals surface area contributed by atoms with E-state index in [1.165, 1.54) is 0 Å². The maximum atomic E-state index is 12.9. The average molecular weight is 419 g/mol. The summed E-state index contributed by atoms with van der Waals surface area (Å²) in [5.74, 6) is 1.57. The lowest BCUT2D eigenvalue weighted by molar-refractivity contribution is -0.137. The monoisotopic (exact) mass is 419 g/mol. The van der Waals surface area contributed by atoms with Crippen molar-refractivity contribution in [2.24, 2.45) is 0 Å². The van der Waals surface area contributed by atoms with Crippen molar-refractivity contribution in [3.05, 3.63) is 66.0 Å². The lowest BCUT2D eigenvalue weighted by atomic mass is 10.0. The highest BCUT2D eigenvalue weighted by Gasteiger charge is 2.30. The Labute approximate surface area is 180 Å². The summed E-state index contributed by atoms with van der Waals surface area (Å²) in [4.78, 5) is 31.3. The van der Waals surface area contributed by atoms with Crippen LogP contribution in [0, 0.1) is 0 Å². The molecule has 1 aromatic heterocycles. The molecule has 0 spiro atoms. The molecule has 160 valence electrons.